The summed E-state index contributed by atoms with van der Waals surface area (Å²) in [7, 11) is 0. The van der Waals surface area contributed by atoms with Crippen molar-refractivity contribution in [3.05, 3.63) is 0 Å². The first-order valence-corrected chi connectivity index (χ1v) is 10.3. The lowest BCUT2D eigenvalue weighted by Gasteiger charge is -2.48. The van der Waals surface area contributed by atoms with Crippen molar-refractivity contribution in [2.24, 2.45) is 0 Å². The fraction of sp³-hybridized carbons (Fsp3) is 1.00. The Morgan fingerprint density at radius 3 is 1.69 bits per heavy atom. The summed E-state index contributed by atoms with van der Waals surface area (Å²) in [6.45, 7) is 2.18. The molecule has 0 amide bonds. The van der Waals surface area contributed by atoms with E-state index in [0.717, 1.165) is 0 Å². The normalized spacial score (nSPS) is 55.0. The van der Waals surface area contributed by atoms with Gasteiger partial charge in [0.25, 0.3) is 0 Å². The predicted octanol–water partition coefficient (Wildman–Crippen LogP) is -5.52. The maximum atomic E-state index is 10.5. The molecule has 32 heavy (non-hydrogen) atoms. The van der Waals surface area contributed by atoms with Crippen LogP contribution in [0.2, 0.25) is 0 Å². The van der Waals surface area contributed by atoms with Crippen molar-refractivity contribution in [3.63, 3.8) is 0 Å². The first kappa shape index (κ1) is 26.1. The molecule has 14 nitrogen and oxygen atoms in total. The van der Waals surface area contributed by atoms with Crippen LogP contribution >= 0.6 is 0 Å². The summed E-state index contributed by atoms with van der Waals surface area (Å²) in [6, 6.07) is 0. The Kier molecular flexibility index (Phi) is 8.44. The second-order valence-electron chi connectivity index (χ2n) is 8.30. The molecular weight excluding hydrogens is 440 g/mol. The summed E-state index contributed by atoms with van der Waals surface area (Å²) in [5.74, 6) is 0. The predicted molar refractivity (Wildman–Crippen MR) is 98.4 cm³/mol. The third-order valence-electron chi connectivity index (χ3n) is 6.01. The lowest BCUT2D eigenvalue weighted by molar-refractivity contribution is -0.379. The maximum Gasteiger partial charge on any atom is 0.187 e. The molecule has 14 heteroatoms. The van der Waals surface area contributed by atoms with Gasteiger partial charge >= 0.3 is 0 Å². The van der Waals surface area contributed by atoms with Gasteiger partial charge in [0.15, 0.2) is 18.9 Å². The molecule has 0 aromatic carbocycles. The van der Waals surface area contributed by atoms with Crippen LogP contribution < -0.4 is 0 Å². The molecule has 15 atom stereocenters. The molecule has 0 spiro atoms. The highest BCUT2D eigenvalue weighted by Gasteiger charge is 2.52. The van der Waals surface area contributed by atoms with E-state index in [-0.39, 0.29) is 0 Å². The number of aliphatic hydroxyl groups excluding tert-OH is 9. The molecule has 0 unspecified atom stereocenters. The van der Waals surface area contributed by atoms with Crippen LogP contribution in [-0.4, -0.2) is 145 Å². The van der Waals surface area contributed by atoms with E-state index in [4.69, 9.17) is 23.7 Å². The summed E-state index contributed by atoms with van der Waals surface area (Å²) in [6.07, 6.45) is -22.3. The van der Waals surface area contributed by atoms with Gasteiger partial charge in [0.05, 0.1) is 18.8 Å². The standard InChI is InChI=1S/C18H32O14/c1-4-7(20)9(22)11(24)17(29-4)32-15-13(26)16(27)28-5(2)14(15)31-18-12(25)10(23)8(21)6(3-19)30-18/h4-27H,3H2,1-2H3/t4-,5-,6+,7-,8+,9+,10-,11+,12+,13+,14-,15-,16+,17-,18+/m0/s1. The van der Waals surface area contributed by atoms with Gasteiger partial charge in [-0.25, -0.2) is 0 Å². The van der Waals surface area contributed by atoms with E-state index in [1.165, 1.54) is 13.8 Å². The monoisotopic (exact) mass is 472 g/mol. The first-order valence-electron chi connectivity index (χ1n) is 10.3. The molecule has 0 aromatic rings. The van der Waals surface area contributed by atoms with Gasteiger partial charge < -0.3 is 69.6 Å². The summed E-state index contributed by atoms with van der Waals surface area (Å²) in [5, 5.41) is 90.0. The van der Waals surface area contributed by atoms with E-state index in [1.807, 2.05) is 0 Å². The molecule has 0 saturated carbocycles. The van der Waals surface area contributed by atoms with Gasteiger partial charge in [-0.15, -0.1) is 0 Å². The second kappa shape index (κ2) is 10.4. The Balaban J connectivity index is 1.79. The summed E-state index contributed by atoms with van der Waals surface area (Å²) in [5.41, 5.74) is 0. The number of hydrogen-bond acceptors (Lipinski definition) is 14. The van der Waals surface area contributed by atoms with Gasteiger partial charge in [-0.05, 0) is 13.8 Å². The van der Waals surface area contributed by atoms with E-state index < -0.39 is 98.7 Å². The third kappa shape index (κ3) is 4.94. The Morgan fingerprint density at radius 1 is 0.562 bits per heavy atom. The van der Waals surface area contributed by atoms with Crippen molar-refractivity contribution < 1.29 is 69.6 Å². The van der Waals surface area contributed by atoms with Gasteiger partial charge in [0.1, 0.15) is 61.0 Å². The van der Waals surface area contributed by atoms with Crippen LogP contribution in [0.1, 0.15) is 13.8 Å². The molecule has 3 fully saturated rings. The molecule has 3 heterocycles. The van der Waals surface area contributed by atoms with E-state index in [0.29, 0.717) is 0 Å². The van der Waals surface area contributed by atoms with Gasteiger partial charge in [0, 0.05) is 0 Å². The minimum Gasteiger partial charge on any atom is -0.394 e. The average Bonchev–Trinajstić information content (AvgIpc) is 2.76. The van der Waals surface area contributed by atoms with E-state index in [2.05, 4.69) is 0 Å². The summed E-state index contributed by atoms with van der Waals surface area (Å²) >= 11 is 0. The zero-order valence-electron chi connectivity index (χ0n) is 17.4. The Bertz CT molecular complexity index is 608. The highest BCUT2D eigenvalue weighted by molar-refractivity contribution is 4.95. The third-order valence-corrected chi connectivity index (χ3v) is 6.01. The van der Waals surface area contributed by atoms with Crippen LogP contribution in [0.25, 0.3) is 0 Å². The van der Waals surface area contributed by atoms with E-state index in [9.17, 15) is 46.0 Å². The highest BCUT2D eigenvalue weighted by Crippen LogP contribution is 2.32. The van der Waals surface area contributed by atoms with Crippen molar-refractivity contribution in [3.8, 4) is 0 Å². The van der Waals surface area contributed by atoms with Crippen molar-refractivity contribution in [1.82, 2.24) is 0 Å². The molecule has 0 radical (unpaired) electrons. The quantitative estimate of drug-likeness (QED) is 0.182. The fourth-order valence-corrected chi connectivity index (χ4v) is 3.96. The minimum atomic E-state index is -1.75. The fourth-order valence-electron chi connectivity index (χ4n) is 3.96. The van der Waals surface area contributed by atoms with Crippen LogP contribution in [0.3, 0.4) is 0 Å². The van der Waals surface area contributed by atoms with Crippen LogP contribution in [0.15, 0.2) is 0 Å². The zero-order chi connectivity index (χ0) is 23.9. The maximum absolute atomic E-state index is 10.5. The Labute approximate surface area is 183 Å². The molecule has 9 N–H and O–H groups in total. The Hall–Kier alpha value is -0.560. The summed E-state index contributed by atoms with van der Waals surface area (Å²) in [4.78, 5) is 0. The van der Waals surface area contributed by atoms with Crippen molar-refractivity contribution in [1.29, 1.82) is 0 Å². The van der Waals surface area contributed by atoms with Crippen LogP contribution in [-0.2, 0) is 23.7 Å². The number of ether oxygens (including phenoxy) is 5. The van der Waals surface area contributed by atoms with Crippen LogP contribution in [0.5, 0.6) is 0 Å². The zero-order valence-corrected chi connectivity index (χ0v) is 17.4. The van der Waals surface area contributed by atoms with Crippen LogP contribution in [0.4, 0.5) is 0 Å². The van der Waals surface area contributed by atoms with Crippen molar-refractivity contribution >= 4 is 0 Å². The largest absolute Gasteiger partial charge is 0.394 e. The smallest absolute Gasteiger partial charge is 0.187 e. The molecule has 3 aliphatic rings. The lowest BCUT2D eigenvalue weighted by atomic mass is 9.96. The highest BCUT2D eigenvalue weighted by atomic mass is 16.8. The molecule has 3 rings (SSSR count). The molecule has 0 aromatic heterocycles. The topological polar surface area (TPSA) is 228 Å². The minimum absolute atomic E-state index is 0.691. The number of aliphatic hydroxyl groups is 9. The van der Waals surface area contributed by atoms with Crippen molar-refractivity contribution in [2.75, 3.05) is 6.61 Å². The van der Waals surface area contributed by atoms with E-state index >= 15 is 0 Å². The molecular formula is C18H32O14. The second-order valence-corrected chi connectivity index (χ2v) is 8.30. The van der Waals surface area contributed by atoms with Crippen molar-refractivity contribution in [2.45, 2.75) is 106 Å². The molecule has 188 valence electrons. The van der Waals surface area contributed by atoms with E-state index in [1.54, 1.807) is 0 Å². The molecule has 0 aliphatic carbocycles. The lowest BCUT2D eigenvalue weighted by Crippen LogP contribution is -2.65. The summed E-state index contributed by atoms with van der Waals surface area (Å²) < 4.78 is 27.2. The number of rotatable bonds is 5. The SMILES string of the molecule is C[C@@H]1O[C@@H](O[C@H]2[C@@H](O)[C@H](O)O[C@@H](C)[C@@H]2O[C@H]2O[C@H](CO)[C@@H](O)[C@H](O)[C@H]2O)[C@H](O)[C@H](O)[C@H]1O. The van der Waals surface area contributed by atoms with Gasteiger partial charge in [-0.3, -0.25) is 0 Å². The average molecular weight is 472 g/mol. The molecule has 0 bridgehead atoms. The molecule has 3 saturated heterocycles. The first-order chi connectivity index (χ1) is 15.0. The Morgan fingerprint density at radius 2 is 1.09 bits per heavy atom. The van der Waals surface area contributed by atoms with Gasteiger partial charge in [0.2, 0.25) is 0 Å². The number of hydrogen-bond donors (Lipinski definition) is 9. The van der Waals surface area contributed by atoms with Gasteiger partial charge in [-0.2, -0.15) is 0 Å². The van der Waals surface area contributed by atoms with Gasteiger partial charge in [-0.1, -0.05) is 0 Å². The van der Waals surface area contributed by atoms with Crippen LogP contribution in [0, 0.1) is 0 Å². The molecule has 3 aliphatic heterocycles.